The Balaban J connectivity index is 2.44. The molecule has 1 aliphatic carbocycles. The van der Waals surface area contributed by atoms with Crippen molar-refractivity contribution in [1.82, 2.24) is 0 Å². The second kappa shape index (κ2) is 11.0. The maximum atomic E-state index is 2.46. The summed E-state index contributed by atoms with van der Waals surface area (Å²) in [5.74, 6) is 0. The van der Waals surface area contributed by atoms with Gasteiger partial charge in [-0.2, -0.15) is 0 Å². The highest BCUT2D eigenvalue weighted by molar-refractivity contribution is 7.15. The summed E-state index contributed by atoms with van der Waals surface area (Å²) in [5, 5.41) is 4.48. The molecule has 3 aromatic rings. The van der Waals surface area contributed by atoms with Crippen LogP contribution < -0.4 is 30.3 Å². The summed E-state index contributed by atoms with van der Waals surface area (Å²) in [6, 6.07) is 21.1. The Morgan fingerprint density at radius 3 is 0.975 bits per heavy atom. The standard InChI is InChI=1S/C36H49N3Si/c1-23-17-14-20-30(33(23)37(8)9)40(36-28(6)26(4)27(5)29(36)7,31-21-15-18-24(2)34(31)38(10)11)32-22-16-19-25(3)35(32)39(12)13/h14-22,36H,1-13H3. The van der Waals surface area contributed by atoms with Crippen LogP contribution in [0.2, 0.25) is 5.54 Å². The Bertz CT molecular complexity index is 1340. The van der Waals surface area contributed by atoms with Crippen molar-refractivity contribution in [2.24, 2.45) is 0 Å². The third-order valence-electron chi connectivity index (χ3n) is 9.37. The molecule has 0 radical (unpaired) electrons. The largest absolute Gasteiger partial charge is 0.378 e. The molecule has 0 spiro atoms. The molecule has 0 saturated carbocycles. The van der Waals surface area contributed by atoms with Crippen LogP contribution >= 0.6 is 0 Å². The van der Waals surface area contributed by atoms with Gasteiger partial charge in [-0.1, -0.05) is 65.7 Å². The molecule has 40 heavy (non-hydrogen) atoms. The van der Waals surface area contributed by atoms with Gasteiger partial charge in [-0.05, 0) is 91.9 Å². The van der Waals surface area contributed by atoms with Gasteiger partial charge < -0.3 is 14.7 Å². The average Bonchev–Trinajstić information content (AvgIpc) is 3.07. The molecule has 0 unspecified atom stereocenters. The summed E-state index contributed by atoms with van der Waals surface area (Å²) in [4.78, 5) is 7.07. The van der Waals surface area contributed by atoms with Gasteiger partial charge in [-0.15, -0.1) is 0 Å². The van der Waals surface area contributed by atoms with E-state index in [1.54, 1.807) is 0 Å². The lowest BCUT2D eigenvalue weighted by Crippen LogP contribution is -2.72. The van der Waals surface area contributed by atoms with Crippen molar-refractivity contribution in [3.63, 3.8) is 0 Å². The topological polar surface area (TPSA) is 9.72 Å². The average molecular weight is 552 g/mol. The molecule has 4 heteroatoms. The third kappa shape index (κ3) is 4.41. The van der Waals surface area contributed by atoms with E-state index in [1.165, 1.54) is 71.6 Å². The summed E-state index contributed by atoms with van der Waals surface area (Å²) in [5.41, 5.74) is 14.3. The van der Waals surface area contributed by atoms with Crippen LogP contribution in [0.25, 0.3) is 0 Å². The second-order valence-electron chi connectivity index (χ2n) is 12.5. The van der Waals surface area contributed by atoms with Crippen LogP contribution in [0.3, 0.4) is 0 Å². The van der Waals surface area contributed by atoms with Crippen LogP contribution in [-0.4, -0.2) is 50.4 Å². The Kier molecular flexibility index (Phi) is 8.15. The molecule has 0 fully saturated rings. The van der Waals surface area contributed by atoms with Gasteiger partial charge in [0.25, 0.3) is 0 Å². The first-order valence-corrected chi connectivity index (χ1v) is 16.5. The lowest BCUT2D eigenvalue weighted by atomic mass is 10.1. The predicted octanol–water partition coefficient (Wildman–Crippen LogP) is 6.34. The number of hydrogen-bond acceptors (Lipinski definition) is 3. The monoisotopic (exact) mass is 551 g/mol. The van der Waals surface area contributed by atoms with E-state index in [-0.39, 0.29) is 0 Å². The lowest BCUT2D eigenvalue weighted by molar-refractivity contribution is 1.07. The van der Waals surface area contributed by atoms with Crippen molar-refractivity contribution in [3.05, 3.63) is 93.6 Å². The Labute approximate surface area is 244 Å². The van der Waals surface area contributed by atoms with Crippen molar-refractivity contribution in [2.75, 3.05) is 57.0 Å². The molecular formula is C36H49N3Si. The summed E-state index contributed by atoms with van der Waals surface area (Å²) < 4.78 is 0. The maximum Gasteiger partial charge on any atom is 0.167 e. The zero-order valence-corrected chi connectivity index (χ0v) is 28.1. The fourth-order valence-electron chi connectivity index (χ4n) is 7.61. The summed E-state index contributed by atoms with van der Waals surface area (Å²) in [6.45, 7) is 16.3. The maximum absolute atomic E-state index is 2.86. The first-order chi connectivity index (χ1) is 18.8. The molecule has 0 saturated heterocycles. The number of rotatable bonds is 7. The highest BCUT2D eigenvalue weighted by atomic mass is 28.3. The molecule has 4 rings (SSSR count). The number of hydrogen-bond donors (Lipinski definition) is 0. The number of allylic oxidation sites excluding steroid dienone is 4. The summed E-state index contributed by atoms with van der Waals surface area (Å²) >= 11 is 0. The molecule has 0 amide bonds. The van der Waals surface area contributed by atoms with Gasteiger partial charge in [0.2, 0.25) is 0 Å². The van der Waals surface area contributed by atoms with E-state index in [1.807, 2.05) is 0 Å². The van der Waals surface area contributed by atoms with Crippen LogP contribution in [0.1, 0.15) is 44.4 Å². The summed E-state index contributed by atoms with van der Waals surface area (Å²) in [6.07, 6.45) is 0. The molecule has 212 valence electrons. The normalized spacial score (nSPS) is 14.3. The molecule has 0 N–H and O–H groups in total. The number of para-hydroxylation sites is 3. The highest BCUT2D eigenvalue weighted by Crippen LogP contribution is 2.48. The van der Waals surface area contributed by atoms with Crippen molar-refractivity contribution in [3.8, 4) is 0 Å². The third-order valence-corrected chi connectivity index (χ3v) is 14.9. The molecule has 0 heterocycles. The van der Waals surface area contributed by atoms with Crippen LogP contribution in [-0.2, 0) is 0 Å². The van der Waals surface area contributed by atoms with Gasteiger partial charge in [0, 0.05) is 64.9 Å². The Morgan fingerprint density at radius 2 is 0.725 bits per heavy atom. The molecule has 0 atom stereocenters. The molecule has 0 bridgehead atoms. The van der Waals surface area contributed by atoms with Crippen molar-refractivity contribution in [2.45, 2.75) is 54.0 Å². The van der Waals surface area contributed by atoms with Gasteiger partial charge in [0.15, 0.2) is 8.07 Å². The van der Waals surface area contributed by atoms with Gasteiger partial charge in [0.05, 0.1) is 0 Å². The van der Waals surface area contributed by atoms with E-state index in [0.29, 0.717) is 5.54 Å². The number of aryl methyl sites for hydroxylation is 3. The zero-order valence-electron chi connectivity index (χ0n) is 27.1. The lowest BCUT2D eigenvalue weighted by Gasteiger charge is -2.46. The molecule has 3 nitrogen and oxygen atoms in total. The van der Waals surface area contributed by atoms with Crippen molar-refractivity contribution < 1.29 is 0 Å². The number of benzene rings is 3. The van der Waals surface area contributed by atoms with Crippen molar-refractivity contribution >= 4 is 40.7 Å². The first-order valence-electron chi connectivity index (χ1n) is 14.5. The van der Waals surface area contributed by atoms with Gasteiger partial charge in [-0.3, -0.25) is 0 Å². The predicted molar refractivity (Wildman–Crippen MR) is 182 cm³/mol. The van der Waals surface area contributed by atoms with Crippen LogP contribution in [0.15, 0.2) is 76.9 Å². The van der Waals surface area contributed by atoms with Gasteiger partial charge in [0.1, 0.15) is 0 Å². The fraction of sp³-hybridized carbons (Fsp3) is 0.389. The van der Waals surface area contributed by atoms with E-state index in [0.717, 1.165) is 0 Å². The minimum Gasteiger partial charge on any atom is -0.378 e. The highest BCUT2D eigenvalue weighted by Gasteiger charge is 2.54. The Hall–Kier alpha value is -3.24. The van der Waals surface area contributed by atoms with Crippen LogP contribution in [0.5, 0.6) is 0 Å². The minimum absolute atomic E-state index is 0.300. The van der Waals surface area contributed by atoms with Crippen LogP contribution in [0.4, 0.5) is 17.1 Å². The molecule has 0 aliphatic heterocycles. The van der Waals surface area contributed by atoms with E-state index in [2.05, 4.69) is 160 Å². The summed E-state index contributed by atoms with van der Waals surface area (Å²) in [7, 11) is 10.4. The van der Waals surface area contributed by atoms with Crippen LogP contribution in [0, 0.1) is 20.8 Å². The number of nitrogens with zero attached hydrogens (tertiary/aromatic N) is 3. The molecule has 0 aromatic heterocycles. The molecule has 1 aliphatic rings. The molecular weight excluding hydrogens is 503 g/mol. The van der Waals surface area contributed by atoms with E-state index in [9.17, 15) is 0 Å². The SMILES string of the molecule is CC1=C(C)C([Si](c2cccc(C)c2N(C)C)(c2cccc(C)c2N(C)C)c2cccc(C)c2N(C)C)C(C)=C1C. The quantitative estimate of drug-likeness (QED) is 0.251. The smallest absolute Gasteiger partial charge is 0.167 e. The second-order valence-corrected chi connectivity index (χ2v) is 16.3. The number of anilines is 3. The zero-order chi connectivity index (χ0) is 29.7. The minimum atomic E-state index is -2.86. The van der Waals surface area contributed by atoms with E-state index in [4.69, 9.17) is 0 Å². The van der Waals surface area contributed by atoms with Gasteiger partial charge in [-0.25, -0.2) is 0 Å². The first kappa shape index (κ1) is 29.7. The van der Waals surface area contributed by atoms with Crippen molar-refractivity contribution in [1.29, 1.82) is 0 Å². The molecule has 3 aromatic carbocycles. The van der Waals surface area contributed by atoms with E-state index >= 15 is 0 Å². The van der Waals surface area contributed by atoms with Gasteiger partial charge >= 0.3 is 0 Å². The fourth-order valence-corrected chi connectivity index (χ4v) is 14.6. The van der Waals surface area contributed by atoms with E-state index < -0.39 is 8.07 Å². The Morgan fingerprint density at radius 1 is 0.450 bits per heavy atom.